The van der Waals surface area contributed by atoms with Crippen molar-refractivity contribution in [3.63, 3.8) is 0 Å². The molecule has 3 rings (SSSR count). The number of aromatic amines is 1. The molecule has 0 atom stereocenters. The van der Waals surface area contributed by atoms with Crippen molar-refractivity contribution in [3.8, 4) is 5.75 Å². The number of ether oxygens (including phenoxy) is 1. The lowest BCUT2D eigenvalue weighted by Gasteiger charge is -2.08. The summed E-state index contributed by atoms with van der Waals surface area (Å²) in [6.07, 6.45) is 0. The van der Waals surface area contributed by atoms with Crippen molar-refractivity contribution in [1.82, 2.24) is 15.5 Å². The molecule has 0 unspecified atom stereocenters. The number of hydrogen-bond donors (Lipinski definition) is 2. The van der Waals surface area contributed by atoms with Crippen LogP contribution >= 0.6 is 0 Å². The molecule has 6 heteroatoms. The fourth-order valence-corrected chi connectivity index (χ4v) is 2.50. The third kappa shape index (κ3) is 3.12. The average Bonchev–Trinajstić information content (AvgIpc) is 2.62. The van der Waals surface area contributed by atoms with Crippen LogP contribution in [0.1, 0.15) is 21.6 Å². The Balaban J connectivity index is 1.81. The standard InChI is InChI=1S/C18H17N3O3/c1-11-16-9-13(6-7-15(16)18(23)21-20-11)17(22)19-10-12-4-3-5-14(8-12)24-2/h3-9H,10H2,1-2H3,(H,19,22)(H,21,23). The molecule has 6 nitrogen and oxygen atoms in total. The second-order valence-corrected chi connectivity index (χ2v) is 5.43. The minimum absolute atomic E-state index is 0.209. The molecule has 0 fully saturated rings. The van der Waals surface area contributed by atoms with Crippen LogP contribution in [-0.4, -0.2) is 23.2 Å². The number of nitrogens with zero attached hydrogens (tertiary/aromatic N) is 1. The SMILES string of the molecule is COc1cccc(CNC(=O)c2ccc3c(=O)[nH]nc(C)c3c2)c1. The van der Waals surface area contributed by atoms with E-state index in [1.807, 2.05) is 24.3 Å². The second kappa shape index (κ2) is 6.54. The summed E-state index contributed by atoms with van der Waals surface area (Å²) in [5.74, 6) is 0.535. The van der Waals surface area contributed by atoms with Gasteiger partial charge in [0.05, 0.1) is 18.2 Å². The van der Waals surface area contributed by atoms with E-state index in [0.29, 0.717) is 28.6 Å². The van der Waals surface area contributed by atoms with Gasteiger partial charge in [0.25, 0.3) is 11.5 Å². The number of amides is 1. The maximum atomic E-state index is 12.4. The van der Waals surface area contributed by atoms with Gasteiger partial charge in [-0.3, -0.25) is 9.59 Å². The zero-order valence-electron chi connectivity index (χ0n) is 13.4. The summed E-state index contributed by atoms with van der Waals surface area (Å²) < 4.78 is 5.17. The zero-order valence-corrected chi connectivity index (χ0v) is 13.4. The van der Waals surface area contributed by atoms with Crippen LogP contribution in [0.25, 0.3) is 10.8 Å². The van der Waals surface area contributed by atoms with Crippen LogP contribution < -0.4 is 15.6 Å². The second-order valence-electron chi connectivity index (χ2n) is 5.43. The van der Waals surface area contributed by atoms with Crippen molar-refractivity contribution in [1.29, 1.82) is 0 Å². The quantitative estimate of drug-likeness (QED) is 0.771. The van der Waals surface area contributed by atoms with E-state index in [1.54, 1.807) is 32.2 Å². The minimum atomic E-state index is -0.265. The summed E-state index contributed by atoms with van der Waals surface area (Å²) in [5.41, 5.74) is 1.84. The number of carbonyl (C=O) groups is 1. The van der Waals surface area contributed by atoms with Crippen molar-refractivity contribution in [2.24, 2.45) is 0 Å². The number of hydrogen-bond acceptors (Lipinski definition) is 4. The molecule has 0 spiro atoms. The smallest absolute Gasteiger partial charge is 0.272 e. The van der Waals surface area contributed by atoms with Gasteiger partial charge in [0.1, 0.15) is 5.75 Å². The lowest BCUT2D eigenvalue weighted by molar-refractivity contribution is 0.0951. The predicted octanol–water partition coefficient (Wildman–Crippen LogP) is 2.17. The molecular formula is C18H17N3O3. The zero-order chi connectivity index (χ0) is 17.1. The Kier molecular flexibility index (Phi) is 4.29. The van der Waals surface area contributed by atoms with Crippen LogP contribution in [0.4, 0.5) is 0 Å². The molecule has 2 N–H and O–H groups in total. The molecule has 0 aliphatic heterocycles. The van der Waals surface area contributed by atoms with E-state index in [2.05, 4.69) is 15.5 Å². The molecule has 0 radical (unpaired) electrons. The van der Waals surface area contributed by atoms with Crippen LogP contribution in [-0.2, 0) is 6.54 Å². The number of aryl methyl sites for hydroxylation is 1. The van der Waals surface area contributed by atoms with Crippen molar-refractivity contribution in [3.05, 3.63) is 69.6 Å². The van der Waals surface area contributed by atoms with Gasteiger partial charge in [0, 0.05) is 17.5 Å². The highest BCUT2D eigenvalue weighted by molar-refractivity contribution is 5.98. The van der Waals surface area contributed by atoms with E-state index in [-0.39, 0.29) is 11.5 Å². The molecule has 122 valence electrons. The first-order valence-electron chi connectivity index (χ1n) is 7.48. The predicted molar refractivity (Wildman–Crippen MR) is 91.3 cm³/mol. The summed E-state index contributed by atoms with van der Waals surface area (Å²) in [6.45, 7) is 2.18. The number of nitrogens with one attached hydrogen (secondary N) is 2. The third-order valence-corrected chi connectivity index (χ3v) is 3.83. The van der Waals surface area contributed by atoms with Gasteiger partial charge in [-0.2, -0.15) is 5.10 Å². The van der Waals surface area contributed by atoms with Crippen LogP contribution in [0.5, 0.6) is 5.75 Å². The molecule has 0 aliphatic rings. The van der Waals surface area contributed by atoms with Gasteiger partial charge in [-0.25, -0.2) is 5.10 Å². The molecule has 0 bridgehead atoms. The molecular weight excluding hydrogens is 306 g/mol. The molecule has 0 saturated heterocycles. The monoisotopic (exact) mass is 323 g/mol. The van der Waals surface area contributed by atoms with Crippen LogP contribution in [0, 0.1) is 6.92 Å². The first-order chi connectivity index (χ1) is 11.6. The lowest BCUT2D eigenvalue weighted by atomic mass is 10.1. The van der Waals surface area contributed by atoms with E-state index in [4.69, 9.17) is 4.74 Å². The number of fused-ring (bicyclic) bond motifs is 1. The minimum Gasteiger partial charge on any atom is -0.497 e. The lowest BCUT2D eigenvalue weighted by Crippen LogP contribution is -2.23. The molecule has 0 saturated carbocycles. The molecule has 0 aliphatic carbocycles. The fourth-order valence-electron chi connectivity index (χ4n) is 2.50. The summed E-state index contributed by atoms with van der Waals surface area (Å²) in [5, 5.41) is 10.4. The topological polar surface area (TPSA) is 84.1 Å². The molecule has 1 aromatic heterocycles. The van der Waals surface area contributed by atoms with Crippen LogP contribution in [0.2, 0.25) is 0 Å². The summed E-state index contributed by atoms with van der Waals surface area (Å²) in [4.78, 5) is 24.1. The third-order valence-electron chi connectivity index (χ3n) is 3.83. The van der Waals surface area contributed by atoms with Gasteiger partial charge < -0.3 is 10.1 Å². The Morgan fingerprint density at radius 2 is 2.04 bits per heavy atom. The Labute approximate surface area is 138 Å². The van der Waals surface area contributed by atoms with E-state index >= 15 is 0 Å². The Morgan fingerprint density at radius 1 is 1.21 bits per heavy atom. The highest BCUT2D eigenvalue weighted by atomic mass is 16.5. The molecule has 3 aromatic rings. The largest absolute Gasteiger partial charge is 0.497 e. The molecule has 1 heterocycles. The van der Waals surface area contributed by atoms with Crippen molar-refractivity contribution in [2.45, 2.75) is 13.5 Å². The Morgan fingerprint density at radius 3 is 2.83 bits per heavy atom. The number of carbonyl (C=O) groups excluding carboxylic acids is 1. The van der Waals surface area contributed by atoms with Gasteiger partial charge in [0.15, 0.2) is 0 Å². The highest BCUT2D eigenvalue weighted by Gasteiger charge is 2.10. The van der Waals surface area contributed by atoms with Gasteiger partial charge >= 0.3 is 0 Å². The average molecular weight is 323 g/mol. The van der Waals surface area contributed by atoms with E-state index in [1.165, 1.54) is 0 Å². The number of aromatic nitrogens is 2. The number of rotatable bonds is 4. The van der Waals surface area contributed by atoms with Crippen molar-refractivity contribution < 1.29 is 9.53 Å². The van der Waals surface area contributed by atoms with Gasteiger partial charge in [-0.05, 0) is 42.8 Å². The molecule has 2 aromatic carbocycles. The molecule has 1 amide bonds. The summed E-state index contributed by atoms with van der Waals surface area (Å²) in [6, 6.07) is 12.5. The normalized spacial score (nSPS) is 10.6. The highest BCUT2D eigenvalue weighted by Crippen LogP contribution is 2.15. The van der Waals surface area contributed by atoms with Crippen LogP contribution in [0.3, 0.4) is 0 Å². The van der Waals surface area contributed by atoms with E-state index < -0.39 is 0 Å². The Bertz CT molecular complexity index is 963. The first kappa shape index (κ1) is 15.7. The van der Waals surface area contributed by atoms with Crippen molar-refractivity contribution >= 4 is 16.7 Å². The number of H-pyrrole nitrogens is 1. The molecule has 24 heavy (non-hydrogen) atoms. The first-order valence-corrected chi connectivity index (χ1v) is 7.48. The van der Waals surface area contributed by atoms with E-state index in [0.717, 1.165) is 11.3 Å². The van der Waals surface area contributed by atoms with E-state index in [9.17, 15) is 9.59 Å². The fraction of sp³-hybridized carbons (Fsp3) is 0.167. The van der Waals surface area contributed by atoms with Gasteiger partial charge in [-0.1, -0.05) is 12.1 Å². The van der Waals surface area contributed by atoms with Gasteiger partial charge in [0.2, 0.25) is 0 Å². The summed E-state index contributed by atoms with van der Waals surface area (Å²) >= 11 is 0. The van der Waals surface area contributed by atoms with Crippen molar-refractivity contribution in [2.75, 3.05) is 7.11 Å². The maximum absolute atomic E-state index is 12.4. The maximum Gasteiger partial charge on any atom is 0.272 e. The number of methoxy groups -OCH3 is 1. The van der Waals surface area contributed by atoms with Crippen LogP contribution in [0.15, 0.2) is 47.3 Å². The Hall–Kier alpha value is -3.15. The summed E-state index contributed by atoms with van der Waals surface area (Å²) in [7, 11) is 1.60. The number of benzene rings is 2. The van der Waals surface area contributed by atoms with Gasteiger partial charge in [-0.15, -0.1) is 0 Å².